The number of rotatable bonds is 16. The Balaban J connectivity index is -0.000000282. The third kappa shape index (κ3) is 43.7. The van der Waals surface area contributed by atoms with Gasteiger partial charge in [0, 0.05) is 5.97 Å². The van der Waals surface area contributed by atoms with E-state index in [0.717, 1.165) is 19.3 Å². The van der Waals surface area contributed by atoms with E-state index in [-0.39, 0.29) is 18.7 Å². The average molecular weight is 471 g/mol. The Morgan fingerprint density at radius 3 is 1.52 bits per heavy atom. The van der Waals surface area contributed by atoms with Gasteiger partial charge in [-0.1, -0.05) is 70.4 Å². The Bertz CT molecular complexity index is 517. The van der Waals surface area contributed by atoms with Crippen LogP contribution in [-0.2, 0) is 19.4 Å². The van der Waals surface area contributed by atoms with E-state index >= 15 is 0 Å². The van der Waals surface area contributed by atoms with Gasteiger partial charge in [-0.2, -0.15) is 0 Å². The summed E-state index contributed by atoms with van der Waals surface area (Å²) in [5, 5.41) is 10.2. The van der Waals surface area contributed by atoms with Crippen LogP contribution >= 0.6 is 0 Å². The first kappa shape index (κ1) is 37.3. The zero-order chi connectivity index (χ0) is 22.6. The second-order valence-corrected chi connectivity index (χ2v) is 9.29. The maximum Gasteiger partial charge on any atom is 0.218 e. The molecule has 0 radical (unpaired) electrons. The zero-order valence-electron chi connectivity index (χ0n) is 20.9. The summed E-state index contributed by atoms with van der Waals surface area (Å²) in [6.07, 6.45) is 20.9. The number of hydrogen-bond acceptors (Lipinski definition) is 6. The molecule has 0 unspecified atom stereocenters. The minimum absolute atomic E-state index is 0. The van der Waals surface area contributed by atoms with Crippen LogP contribution in [0.15, 0.2) is 12.2 Å². The molecule has 31 heavy (non-hydrogen) atoms. The zero-order valence-corrected chi connectivity index (χ0v) is 21.7. The monoisotopic (exact) mass is 470 g/mol. The molecule has 0 heterocycles. The molecule has 0 aromatic carbocycles. The predicted octanol–water partition coefficient (Wildman–Crippen LogP) is 5.79. The van der Waals surface area contributed by atoms with Crippen molar-refractivity contribution in [1.29, 1.82) is 0 Å². The molecule has 0 bridgehead atoms. The minimum Gasteiger partial charge on any atom is -0.726 e. The Labute approximate surface area is 191 Å². The lowest BCUT2D eigenvalue weighted by Crippen LogP contribution is -2.23. The van der Waals surface area contributed by atoms with Crippen molar-refractivity contribution >= 4 is 16.4 Å². The Morgan fingerprint density at radius 2 is 1.19 bits per heavy atom. The molecule has 0 atom stereocenters. The van der Waals surface area contributed by atoms with E-state index in [1.807, 2.05) is 0 Å². The van der Waals surface area contributed by atoms with Gasteiger partial charge in [-0.15, -0.1) is 0 Å². The molecule has 8 nitrogen and oxygen atoms in total. The predicted molar refractivity (Wildman–Crippen MR) is 127 cm³/mol. The highest BCUT2D eigenvalue weighted by atomic mass is 32.3. The molecule has 0 rings (SSSR count). The number of allylic oxidation sites excluding steroid dienone is 2. The lowest BCUT2D eigenvalue weighted by Gasteiger charge is -2.20. The van der Waals surface area contributed by atoms with Crippen LogP contribution < -0.4 is 17.4 Å². The highest BCUT2D eigenvalue weighted by Crippen LogP contribution is 2.10. The maximum absolute atomic E-state index is 10.2. The molecule has 0 fully saturated rings. The summed E-state index contributed by atoms with van der Waals surface area (Å²) in [5.74, 6) is -0.914. The highest BCUT2D eigenvalue weighted by molar-refractivity contribution is 7.80. The molecular weight excluding hydrogens is 420 g/mol. The van der Waals surface area contributed by atoms with Crippen molar-refractivity contribution < 1.29 is 27.1 Å². The summed E-state index contributed by atoms with van der Waals surface area (Å²) in [7, 11) is -4.53. The minimum atomic E-state index is -4.53. The topological polar surface area (TPSA) is 180 Å². The lowest BCUT2D eigenvalue weighted by molar-refractivity contribution is -0.305. The summed E-state index contributed by atoms with van der Waals surface area (Å²) < 4.78 is 33.6. The van der Waals surface area contributed by atoms with E-state index in [9.17, 15) is 22.9 Å². The van der Waals surface area contributed by atoms with Gasteiger partial charge >= 0.3 is 0 Å². The van der Waals surface area contributed by atoms with Crippen LogP contribution in [0.4, 0.5) is 0 Å². The first-order valence-corrected chi connectivity index (χ1v) is 12.3. The van der Waals surface area contributed by atoms with Crippen molar-refractivity contribution in [3.63, 3.8) is 0 Å². The van der Waals surface area contributed by atoms with Crippen molar-refractivity contribution in [1.82, 2.24) is 12.3 Å². The summed E-state index contributed by atoms with van der Waals surface area (Å²) in [6, 6.07) is 0. The second-order valence-electron chi connectivity index (χ2n) is 8.31. The van der Waals surface area contributed by atoms with Gasteiger partial charge in [0.25, 0.3) is 0 Å². The van der Waals surface area contributed by atoms with Gasteiger partial charge in [0.2, 0.25) is 10.4 Å². The number of carboxylic acids is 1. The van der Waals surface area contributed by atoms with E-state index in [4.69, 9.17) is 0 Å². The second kappa shape index (κ2) is 23.7. The smallest absolute Gasteiger partial charge is 0.218 e. The lowest BCUT2D eigenvalue weighted by atomic mass is 10.1. The van der Waals surface area contributed by atoms with Crippen LogP contribution in [0.1, 0.15) is 118 Å². The molecule has 0 saturated heterocycles. The Morgan fingerprint density at radius 1 is 0.806 bits per heavy atom. The standard InChI is InChI=1S/C18H34O2.C4H10O4S.2H3N/c1-2-3-4-5-6-7-8-9-10-11-12-13-14-15-16-17-18(19)20;1-4(2,3)8-9(5,6)7;;/h9-10H,2-8,11-17H2,1H3,(H,19,20);1-3H3,(H,5,6,7);2*1H3/b10-9-;;;. The van der Waals surface area contributed by atoms with E-state index in [1.165, 1.54) is 85.0 Å². The average Bonchev–Trinajstić information content (AvgIpc) is 2.55. The quantitative estimate of drug-likeness (QED) is 0.125. The van der Waals surface area contributed by atoms with Crippen molar-refractivity contribution in [2.45, 2.75) is 123 Å². The molecule has 9 heteroatoms. The third-order valence-corrected chi connectivity index (χ3v) is 4.70. The number of hydrogen-bond donors (Lipinski definition) is 2. The number of carbonyl (C=O) groups is 1. The van der Waals surface area contributed by atoms with E-state index < -0.39 is 22.0 Å². The fourth-order valence-electron chi connectivity index (χ4n) is 2.65. The summed E-state index contributed by atoms with van der Waals surface area (Å²) >= 11 is 0. The van der Waals surface area contributed by atoms with Crippen LogP contribution in [-0.4, -0.2) is 24.5 Å². The van der Waals surface area contributed by atoms with Crippen LogP contribution in [0.25, 0.3) is 0 Å². The van der Waals surface area contributed by atoms with Crippen molar-refractivity contribution in [2.75, 3.05) is 0 Å². The first-order chi connectivity index (χ1) is 13.5. The van der Waals surface area contributed by atoms with Crippen LogP contribution in [0.3, 0.4) is 0 Å². The van der Waals surface area contributed by atoms with E-state index in [1.54, 1.807) is 0 Å². The molecule has 0 spiro atoms. The van der Waals surface area contributed by atoms with Crippen LogP contribution in [0.2, 0.25) is 0 Å². The van der Waals surface area contributed by atoms with Gasteiger partial charge < -0.3 is 26.8 Å². The van der Waals surface area contributed by atoms with Gasteiger partial charge in [0.15, 0.2) is 0 Å². The van der Waals surface area contributed by atoms with Crippen molar-refractivity contribution in [3.05, 3.63) is 12.2 Å². The molecule has 0 amide bonds. The van der Waals surface area contributed by atoms with Gasteiger partial charge in [0.1, 0.15) is 0 Å². The molecule has 190 valence electrons. The fraction of sp³-hybridized carbons (Fsp3) is 0.864. The van der Waals surface area contributed by atoms with Crippen molar-refractivity contribution in [2.24, 2.45) is 0 Å². The number of carbonyl (C=O) groups excluding carboxylic acids is 1. The van der Waals surface area contributed by atoms with Gasteiger partial charge in [-0.05, 0) is 59.3 Å². The first-order valence-electron chi connectivity index (χ1n) is 11.0. The molecule has 0 aromatic heterocycles. The van der Waals surface area contributed by atoms with E-state index in [0.29, 0.717) is 0 Å². The number of aliphatic carboxylic acids is 1. The molecule has 0 saturated carbocycles. The van der Waals surface area contributed by atoms with E-state index in [2.05, 4.69) is 23.3 Å². The molecule has 0 aliphatic carbocycles. The number of quaternary nitrogens is 2. The molecular formula is C22H50N2O6S. The highest BCUT2D eigenvalue weighted by Gasteiger charge is 2.13. The van der Waals surface area contributed by atoms with Crippen LogP contribution in [0, 0.1) is 0 Å². The summed E-state index contributed by atoms with van der Waals surface area (Å²) in [6.45, 7) is 6.72. The molecule has 8 N–H and O–H groups in total. The number of carboxylic acid groups (broad SMARTS) is 1. The van der Waals surface area contributed by atoms with Gasteiger partial charge in [-0.25, -0.2) is 8.42 Å². The number of unbranched alkanes of at least 4 members (excludes halogenated alkanes) is 11. The normalized spacial score (nSPS) is 11.3. The van der Waals surface area contributed by atoms with Gasteiger partial charge in [0.05, 0.1) is 5.60 Å². The SMILES string of the molecule is CC(C)(C)OS(=O)(=O)[O-].CCCCCCCC/C=C\CCCCCCCC(=O)[O-].[NH4+].[NH4+]. The summed E-state index contributed by atoms with van der Waals surface area (Å²) in [5.41, 5.74) is -0.916. The Hall–Kier alpha value is -1.00. The molecule has 0 aliphatic heterocycles. The Kier molecular flexibility index (Phi) is 28.5. The summed E-state index contributed by atoms with van der Waals surface area (Å²) in [4.78, 5) is 10.2. The fourth-order valence-corrected chi connectivity index (χ4v) is 3.26. The van der Waals surface area contributed by atoms with Crippen LogP contribution in [0.5, 0.6) is 0 Å². The third-order valence-electron chi connectivity index (χ3n) is 3.99. The van der Waals surface area contributed by atoms with Crippen molar-refractivity contribution in [3.8, 4) is 0 Å². The molecule has 0 aromatic rings. The largest absolute Gasteiger partial charge is 0.726 e. The molecule has 0 aliphatic rings. The van der Waals surface area contributed by atoms with Gasteiger partial charge in [-0.3, -0.25) is 4.18 Å². The maximum atomic E-state index is 10.2.